The molecule has 0 amide bonds. The largest absolute Gasteiger partial charge is 0.416 e. The molecular formula is C17H14BrF6NO. The third-order valence-corrected chi connectivity index (χ3v) is 4.07. The Bertz CT molecular complexity index is 747. The lowest BCUT2D eigenvalue weighted by Gasteiger charge is -2.28. The normalized spacial score (nSPS) is 13.5. The molecular weight excluding hydrogens is 428 g/mol. The summed E-state index contributed by atoms with van der Waals surface area (Å²) in [4.78, 5) is 1.18. The molecule has 0 aliphatic rings. The highest BCUT2D eigenvalue weighted by Crippen LogP contribution is 2.31. The van der Waals surface area contributed by atoms with Gasteiger partial charge in [0.25, 0.3) is 0 Å². The minimum atomic E-state index is -4.84. The molecule has 2 aromatic rings. The summed E-state index contributed by atoms with van der Waals surface area (Å²) < 4.78 is 77.3. The van der Waals surface area contributed by atoms with E-state index in [9.17, 15) is 31.4 Å². The summed E-state index contributed by atoms with van der Waals surface area (Å²) in [5.74, 6) is 0. The second-order valence-corrected chi connectivity index (χ2v) is 6.53. The third kappa shape index (κ3) is 5.63. The lowest BCUT2D eigenvalue weighted by Crippen LogP contribution is -2.40. The van der Waals surface area contributed by atoms with Gasteiger partial charge in [-0.2, -0.15) is 26.3 Å². The van der Waals surface area contributed by atoms with E-state index < -0.39 is 30.6 Å². The monoisotopic (exact) mass is 441 g/mol. The van der Waals surface area contributed by atoms with Gasteiger partial charge in [0.2, 0.25) is 0 Å². The lowest BCUT2D eigenvalue weighted by molar-refractivity contribution is -0.200. The Balaban J connectivity index is 2.32. The number of benzene rings is 2. The fraction of sp³-hybridized carbons (Fsp3) is 0.294. The SMILES string of the molecule is OC(CN(Cc1cccc(C(F)(F)F)c1)c1cccc(Br)c1)C(F)(F)F. The first-order chi connectivity index (χ1) is 12.0. The summed E-state index contributed by atoms with van der Waals surface area (Å²) in [6, 6.07) is 10.6. The van der Waals surface area contributed by atoms with Gasteiger partial charge in [0, 0.05) is 16.7 Å². The van der Waals surface area contributed by atoms with E-state index >= 15 is 0 Å². The van der Waals surface area contributed by atoms with E-state index in [0.717, 1.165) is 12.1 Å². The molecule has 2 aromatic carbocycles. The van der Waals surface area contributed by atoms with Crippen LogP contribution in [0.15, 0.2) is 53.0 Å². The smallest absolute Gasteiger partial charge is 0.382 e. The fourth-order valence-corrected chi connectivity index (χ4v) is 2.70. The van der Waals surface area contributed by atoms with Crippen molar-refractivity contribution in [1.29, 1.82) is 0 Å². The molecule has 0 spiro atoms. The van der Waals surface area contributed by atoms with Crippen LogP contribution >= 0.6 is 15.9 Å². The zero-order valence-corrected chi connectivity index (χ0v) is 14.7. The number of rotatable bonds is 5. The molecule has 0 saturated carbocycles. The Morgan fingerprint density at radius 2 is 1.62 bits per heavy atom. The second kappa shape index (κ2) is 7.87. The zero-order valence-electron chi connectivity index (χ0n) is 13.2. The average molecular weight is 442 g/mol. The molecule has 0 aliphatic heterocycles. The van der Waals surface area contributed by atoms with E-state index in [1.807, 2.05) is 0 Å². The highest BCUT2D eigenvalue weighted by molar-refractivity contribution is 9.10. The molecule has 142 valence electrons. The van der Waals surface area contributed by atoms with Gasteiger partial charge in [-0.25, -0.2) is 0 Å². The quantitative estimate of drug-likeness (QED) is 0.628. The summed E-state index contributed by atoms with van der Waals surface area (Å²) in [5, 5.41) is 9.39. The van der Waals surface area contributed by atoms with Crippen molar-refractivity contribution in [3.8, 4) is 0 Å². The molecule has 0 saturated heterocycles. The number of aliphatic hydroxyl groups is 1. The fourth-order valence-electron chi connectivity index (χ4n) is 2.31. The number of halogens is 7. The summed E-state index contributed by atoms with van der Waals surface area (Å²) in [7, 11) is 0. The number of alkyl halides is 6. The standard InChI is InChI=1S/C17H14BrF6NO/c18-13-5-2-6-14(8-13)25(10-15(26)17(22,23)24)9-11-3-1-4-12(7-11)16(19,20)21/h1-8,15,26H,9-10H2. The predicted octanol–water partition coefficient (Wildman–Crippen LogP) is 5.40. The molecule has 1 N–H and O–H groups in total. The topological polar surface area (TPSA) is 23.5 Å². The van der Waals surface area contributed by atoms with Gasteiger partial charge in [0.1, 0.15) is 0 Å². The predicted molar refractivity (Wildman–Crippen MR) is 88.7 cm³/mol. The van der Waals surface area contributed by atoms with Crippen LogP contribution in [0.2, 0.25) is 0 Å². The Morgan fingerprint density at radius 3 is 2.19 bits per heavy atom. The molecule has 26 heavy (non-hydrogen) atoms. The zero-order chi connectivity index (χ0) is 19.5. The second-order valence-electron chi connectivity index (χ2n) is 5.62. The van der Waals surface area contributed by atoms with Crippen molar-refractivity contribution < 1.29 is 31.4 Å². The van der Waals surface area contributed by atoms with E-state index in [-0.39, 0.29) is 12.1 Å². The van der Waals surface area contributed by atoms with Crippen molar-refractivity contribution in [2.75, 3.05) is 11.4 Å². The molecule has 0 aliphatic carbocycles. The maximum atomic E-state index is 12.8. The summed E-state index contributed by atoms with van der Waals surface area (Å²) in [6.45, 7) is -1.04. The number of hydrogen-bond acceptors (Lipinski definition) is 2. The Kier molecular flexibility index (Phi) is 6.23. The van der Waals surface area contributed by atoms with Crippen molar-refractivity contribution in [1.82, 2.24) is 0 Å². The Labute approximate surface area is 154 Å². The first-order valence-corrected chi connectivity index (χ1v) is 8.17. The average Bonchev–Trinajstić information content (AvgIpc) is 2.52. The van der Waals surface area contributed by atoms with Gasteiger partial charge >= 0.3 is 12.4 Å². The van der Waals surface area contributed by atoms with Crippen LogP contribution in [-0.2, 0) is 12.7 Å². The third-order valence-electron chi connectivity index (χ3n) is 3.57. The molecule has 1 atom stereocenters. The van der Waals surface area contributed by atoms with Crippen molar-refractivity contribution in [3.05, 3.63) is 64.1 Å². The van der Waals surface area contributed by atoms with Crippen LogP contribution in [0.25, 0.3) is 0 Å². The van der Waals surface area contributed by atoms with E-state index in [2.05, 4.69) is 15.9 Å². The van der Waals surface area contributed by atoms with E-state index in [1.54, 1.807) is 12.1 Å². The van der Waals surface area contributed by atoms with Gasteiger partial charge in [0.15, 0.2) is 6.10 Å². The maximum absolute atomic E-state index is 12.8. The van der Waals surface area contributed by atoms with E-state index in [1.165, 1.54) is 29.2 Å². The van der Waals surface area contributed by atoms with E-state index in [4.69, 9.17) is 0 Å². The van der Waals surface area contributed by atoms with Crippen molar-refractivity contribution in [2.45, 2.75) is 25.0 Å². The minimum Gasteiger partial charge on any atom is -0.382 e. The molecule has 0 aromatic heterocycles. The highest BCUT2D eigenvalue weighted by atomic mass is 79.9. The van der Waals surface area contributed by atoms with E-state index in [0.29, 0.717) is 10.2 Å². The van der Waals surface area contributed by atoms with Gasteiger partial charge in [-0.3, -0.25) is 0 Å². The van der Waals surface area contributed by atoms with Gasteiger partial charge < -0.3 is 10.0 Å². The van der Waals surface area contributed by atoms with Crippen LogP contribution in [0.3, 0.4) is 0 Å². The Hall–Kier alpha value is -1.74. The summed E-state index contributed by atoms with van der Waals surface area (Å²) in [5.41, 5.74) is -0.380. The molecule has 0 radical (unpaired) electrons. The first kappa shape index (κ1) is 20.6. The number of hydrogen-bond donors (Lipinski definition) is 1. The van der Waals surface area contributed by atoms with Crippen LogP contribution in [0.5, 0.6) is 0 Å². The highest BCUT2D eigenvalue weighted by Gasteiger charge is 2.39. The lowest BCUT2D eigenvalue weighted by atomic mass is 10.1. The Morgan fingerprint density at radius 1 is 0.962 bits per heavy atom. The van der Waals surface area contributed by atoms with Crippen LogP contribution in [0.4, 0.5) is 32.0 Å². The molecule has 0 heterocycles. The van der Waals surface area contributed by atoms with Crippen LogP contribution in [-0.4, -0.2) is 23.9 Å². The van der Waals surface area contributed by atoms with Gasteiger partial charge in [-0.15, -0.1) is 0 Å². The number of anilines is 1. The van der Waals surface area contributed by atoms with Gasteiger partial charge in [-0.1, -0.05) is 34.1 Å². The maximum Gasteiger partial charge on any atom is 0.416 e. The molecule has 2 nitrogen and oxygen atoms in total. The summed E-state index contributed by atoms with van der Waals surface area (Å²) >= 11 is 3.20. The van der Waals surface area contributed by atoms with Crippen LogP contribution in [0.1, 0.15) is 11.1 Å². The van der Waals surface area contributed by atoms with Crippen molar-refractivity contribution >= 4 is 21.6 Å². The number of aliphatic hydroxyl groups excluding tert-OH is 1. The summed E-state index contributed by atoms with van der Waals surface area (Å²) in [6.07, 6.45) is -12.0. The molecule has 2 rings (SSSR count). The molecule has 1 unspecified atom stereocenters. The first-order valence-electron chi connectivity index (χ1n) is 7.38. The molecule has 0 fully saturated rings. The van der Waals surface area contributed by atoms with Gasteiger partial charge in [-0.05, 0) is 35.9 Å². The van der Waals surface area contributed by atoms with Crippen molar-refractivity contribution in [3.63, 3.8) is 0 Å². The van der Waals surface area contributed by atoms with Crippen LogP contribution in [0, 0.1) is 0 Å². The van der Waals surface area contributed by atoms with Crippen molar-refractivity contribution in [2.24, 2.45) is 0 Å². The molecule has 0 bridgehead atoms. The van der Waals surface area contributed by atoms with Crippen LogP contribution < -0.4 is 4.90 Å². The van der Waals surface area contributed by atoms with Gasteiger partial charge in [0.05, 0.1) is 12.1 Å². The molecule has 9 heteroatoms. The number of nitrogens with zero attached hydrogens (tertiary/aromatic N) is 1. The minimum absolute atomic E-state index is 0.175.